The molecule has 0 atom stereocenters. The molecule has 0 spiro atoms. The lowest BCUT2D eigenvalue weighted by molar-refractivity contribution is 0.634. The second-order valence-electron chi connectivity index (χ2n) is 2.68. The first-order valence-electron chi connectivity index (χ1n) is 3.71. The van der Waals surface area contributed by atoms with Crippen LogP contribution in [0.1, 0.15) is 5.69 Å². The van der Waals surface area contributed by atoms with E-state index in [1.807, 2.05) is 19.1 Å². The van der Waals surface area contributed by atoms with Crippen LogP contribution in [0.4, 0.5) is 4.39 Å². The maximum atomic E-state index is 13.0. The topological polar surface area (TPSA) is 12.9 Å². The first-order valence-corrected chi connectivity index (χ1v) is 3.71. The van der Waals surface area contributed by atoms with Gasteiger partial charge in [-0.15, -0.1) is 0 Å². The van der Waals surface area contributed by atoms with E-state index in [1.54, 1.807) is 12.1 Å². The first-order chi connectivity index (χ1) is 5.77. The van der Waals surface area contributed by atoms with Gasteiger partial charge in [0.1, 0.15) is 5.52 Å². The molecule has 0 saturated carbocycles. The zero-order chi connectivity index (χ0) is 8.55. The summed E-state index contributed by atoms with van der Waals surface area (Å²) in [6.45, 7) is 1.84. The van der Waals surface area contributed by atoms with Crippen LogP contribution >= 0.6 is 0 Å². The van der Waals surface area contributed by atoms with E-state index in [0.717, 1.165) is 11.1 Å². The summed E-state index contributed by atoms with van der Waals surface area (Å²) in [6.07, 6.45) is 0. The Kier molecular flexibility index (Phi) is 1.54. The molecule has 2 heteroatoms. The number of fused-ring (bicyclic) bond motifs is 1. The SMILES string of the molecule is Cc1ccc2cc[c]c(F)c2n1. The molecule has 0 N–H and O–H groups in total. The predicted octanol–water partition coefficient (Wildman–Crippen LogP) is 2.48. The zero-order valence-electron chi connectivity index (χ0n) is 6.63. The molecule has 2 aromatic rings. The summed E-state index contributed by atoms with van der Waals surface area (Å²) in [7, 11) is 0. The molecule has 2 rings (SSSR count). The lowest BCUT2D eigenvalue weighted by Crippen LogP contribution is -1.86. The van der Waals surface area contributed by atoms with E-state index in [1.165, 1.54) is 0 Å². The lowest BCUT2D eigenvalue weighted by Gasteiger charge is -1.98. The van der Waals surface area contributed by atoms with Crippen LogP contribution in [-0.2, 0) is 0 Å². The molecule has 1 radical (unpaired) electrons. The van der Waals surface area contributed by atoms with Gasteiger partial charge >= 0.3 is 0 Å². The van der Waals surface area contributed by atoms with Crippen LogP contribution in [0.3, 0.4) is 0 Å². The van der Waals surface area contributed by atoms with E-state index in [-0.39, 0.29) is 5.82 Å². The minimum absolute atomic E-state index is 0.379. The fourth-order valence-electron chi connectivity index (χ4n) is 1.15. The van der Waals surface area contributed by atoms with Gasteiger partial charge in [-0.25, -0.2) is 4.39 Å². The number of aryl methyl sites for hydroxylation is 1. The molecule has 0 bridgehead atoms. The first kappa shape index (κ1) is 7.22. The van der Waals surface area contributed by atoms with Gasteiger partial charge in [0.05, 0.1) is 0 Å². The van der Waals surface area contributed by atoms with E-state index >= 15 is 0 Å². The van der Waals surface area contributed by atoms with Crippen LogP contribution < -0.4 is 0 Å². The number of aromatic nitrogens is 1. The van der Waals surface area contributed by atoms with Crippen LogP contribution in [0.25, 0.3) is 10.9 Å². The summed E-state index contributed by atoms with van der Waals surface area (Å²) < 4.78 is 13.0. The molecule has 0 aliphatic rings. The average molecular weight is 160 g/mol. The quantitative estimate of drug-likeness (QED) is 0.577. The molecule has 0 aliphatic carbocycles. The van der Waals surface area contributed by atoms with Gasteiger partial charge in [0.15, 0.2) is 5.82 Å². The monoisotopic (exact) mass is 160 g/mol. The summed E-state index contributed by atoms with van der Waals surface area (Å²) in [5.74, 6) is -0.379. The number of nitrogens with zero attached hydrogens (tertiary/aromatic N) is 1. The Bertz CT molecular complexity index is 423. The molecular weight excluding hydrogens is 153 g/mol. The molecule has 0 unspecified atom stereocenters. The third-order valence-electron chi connectivity index (χ3n) is 1.75. The molecule has 0 amide bonds. The van der Waals surface area contributed by atoms with Crippen LogP contribution in [0.15, 0.2) is 24.3 Å². The fraction of sp³-hybridized carbons (Fsp3) is 0.100. The molecule has 1 nitrogen and oxygen atoms in total. The minimum Gasteiger partial charge on any atom is -0.250 e. The van der Waals surface area contributed by atoms with E-state index in [2.05, 4.69) is 11.1 Å². The summed E-state index contributed by atoms with van der Waals surface area (Å²) in [5.41, 5.74) is 1.22. The summed E-state index contributed by atoms with van der Waals surface area (Å²) >= 11 is 0. The Morgan fingerprint density at radius 1 is 1.33 bits per heavy atom. The Morgan fingerprint density at radius 3 is 3.00 bits per heavy atom. The van der Waals surface area contributed by atoms with Gasteiger partial charge in [-0.1, -0.05) is 18.2 Å². The smallest absolute Gasteiger partial charge is 0.157 e. The van der Waals surface area contributed by atoms with Crippen LogP contribution in [0.5, 0.6) is 0 Å². The molecule has 1 heterocycles. The number of rotatable bonds is 0. The van der Waals surface area contributed by atoms with Crippen LogP contribution in [-0.4, -0.2) is 4.98 Å². The van der Waals surface area contributed by atoms with Crippen LogP contribution in [0.2, 0.25) is 0 Å². The summed E-state index contributed by atoms with van der Waals surface area (Å²) in [4.78, 5) is 4.07. The lowest BCUT2D eigenvalue weighted by atomic mass is 10.2. The third-order valence-corrected chi connectivity index (χ3v) is 1.75. The van der Waals surface area contributed by atoms with E-state index in [4.69, 9.17) is 0 Å². The fourth-order valence-corrected chi connectivity index (χ4v) is 1.15. The molecule has 12 heavy (non-hydrogen) atoms. The van der Waals surface area contributed by atoms with Crippen molar-refractivity contribution in [2.45, 2.75) is 6.92 Å². The van der Waals surface area contributed by atoms with E-state index < -0.39 is 0 Å². The normalized spacial score (nSPS) is 10.5. The van der Waals surface area contributed by atoms with Crippen molar-refractivity contribution in [2.75, 3.05) is 0 Å². The van der Waals surface area contributed by atoms with Crippen LogP contribution in [0, 0.1) is 18.8 Å². The number of hydrogen-bond acceptors (Lipinski definition) is 1. The highest BCUT2D eigenvalue weighted by atomic mass is 19.1. The van der Waals surface area contributed by atoms with Crippen molar-refractivity contribution in [1.82, 2.24) is 4.98 Å². The Balaban J connectivity index is 2.88. The van der Waals surface area contributed by atoms with Gasteiger partial charge < -0.3 is 0 Å². The second kappa shape index (κ2) is 2.55. The van der Waals surface area contributed by atoms with Gasteiger partial charge in [-0.3, -0.25) is 4.98 Å². The molecule has 0 aliphatic heterocycles. The number of hydrogen-bond donors (Lipinski definition) is 0. The number of halogens is 1. The van der Waals surface area contributed by atoms with Crippen molar-refractivity contribution in [1.29, 1.82) is 0 Å². The van der Waals surface area contributed by atoms with Crippen molar-refractivity contribution in [3.63, 3.8) is 0 Å². The Morgan fingerprint density at radius 2 is 2.17 bits per heavy atom. The Labute approximate surface area is 69.9 Å². The predicted molar refractivity (Wildman–Crippen MR) is 45.3 cm³/mol. The minimum atomic E-state index is -0.379. The van der Waals surface area contributed by atoms with E-state index in [9.17, 15) is 4.39 Å². The van der Waals surface area contributed by atoms with Crippen molar-refractivity contribution in [2.24, 2.45) is 0 Å². The zero-order valence-corrected chi connectivity index (χ0v) is 6.63. The van der Waals surface area contributed by atoms with E-state index in [0.29, 0.717) is 5.52 Å². The largest absolute Gasteiger partial charge is 0.250 e. The molecule has 1 aromatic carbocycles. The van der Waals surface area contributed by atoms with Gasteiger partial charge in [0, 0.05) is 17.1 Å². The number of pyridine rings is 1. The third kappa shape index (κ3) is 1.05. The highest BCUT2D eigenvalue weighted by Crippen LogP contribution is 2.14. The summed E-state index contributed by atoms with van der Waals surface area (Å²) in [6, 6.07) is 9.55. The van der Waals surface area contributed by atoms with Gasteiger partial charge in [-0.2, -0.15) is 0 Å². The molecule has 1 aromatic heterocycles. The highest BCUT2D eigenvalue weighted by Gasteiger charge is 2.00. The molecule has 0 fully saturated rings. The Hall–Kier alpha value is -1.44. The molecule has 59 valence electrons. The highest BCUT2D eigenvalue weighted by molar-refractivity contribution is 5.78. The standard InChI is InChI=1S/C10H7FN/c1-7-5-6-8-3-2-4-9(11)10(8)12-7/h2-3,5-6H,1H3. The van der Waals surface area contributed by atoms with Gasteiger partial charge in [-0.05, 0) is 13.0 Å². The molecular formula is C10H7FN. The summed E-state index contributed by atoms with van der Waals surface area (Å²) in [5, 5.41) is 0.817. The van der Waals surface area contributed by atoms with Crippen molar-refractivity contribution in [3.05, 3.63) is 41.8 Å². The van der Waals surface area contributed by atoms with Gasteiger partial charge in [0.2, 0.25) is 0 Å². The maximum Gasteiger partial charge on any atom is 0.157 e. The maximum absolute atomic E-state index is 13.0. The molecule has 0 saturated heterocycles. The van der Waals surface area contributed by atoms with Gasteiger partial charge in [0.25, 0.3) is 0 Å². The number of benzene rings is 1. The van der Waals surface area contributed by atoms with Crippen molar-refractivity contribution < 1.29 is 4.39 Å². The second-order valence-corrected chi connectivity index (χ2v) is 2.68. The van der Waals surface area contributed by atoms with Crippen molar-refractivity contribution >= 4 is 10.9 Å². The van der Waals surface area contributed by atoms with Crippen molar-refractivity contribution in [3.8, 4) is 0 Å². The average Bonchev–Trinajstić information content (AvgIpc) is 2.07.